The fraction of sp³-hybridized carbons (Fsp3) is 0.588. The normalized spacial score (nSPS) is 22.9. The second-order valence-corrected chi connectivity index (χ2v) is 6.28. The summed E-state index contributed by atoms with van der Waals surface area (Å²) >= 11 is 0. The highest BCUT2D eigenvalue weighted by Gasteiger charge is 2.25. The molecule has 1 aromatic carbocycles. The van der Waals surface area contributed by atoms with E-state index in [1.165, 1.54) is 12.1 Å². The average molecular weight is 321 g/mol. The van der Waals surface area contributed by atoms with Crippen molar-refractivity contribution in [3.63, 3.8) is 0 Å². The van der Waals surface area contributed by atoms with Crippen molar-refractivity contribution in [3.8, 4) is 0 Å². The summed E-state index contributed by atoms with van der Waals surface area (Å²) < 4.78 is 19.1. The van der Waals surface area contributed by atoms with Crippen molar-refractivity contribution < 1.29 is 13.9 Å². The Morgan fingerprint density at radius 3 is 2.87 bits per heavy atom. The summed E-state index contributed by atoms with van der Waals surface area (Å²) in [5.41, 5.74) is 1.59. The smallest absolute Gasteiger partial charge is 0.228 e. The average Bonchev–Trinajstić information content (AvgIpc) is 2.66. The Kier molecular flexibility index (Phi) is 4.82. The first-order valence-corrected chi connectivity index (χ1v) is 8.19. The lowest BCUT2D eigenvalue weighted by atomic mass is 10.2. The Morgan fingerprint density at radius 1 is 1.26 bits per heavy atom. The zero-order valence-electron chi connectivity index (χ0n) is 13.8. The van der Waals surface area contributed by atoms with Crippen molar-refractivity contribution in [2.75, 3.05) is 56.2 Å². The van der Waals surface area contributed by atoms with Crippen molar-refractivity contribution in [2.45, 2.75) is 19.4 Å². The highest BCUT2D eigenvalue weighted by Crippen LogP contribution is 2.32. The Hall–Kier alpha value is -1.66. The molecule has 1 atom stereocenters. The molecule has 0 bridgehead atoms. The van der Waals surface area contributed by atoms with Gasteiger partial charge >= 0.3 is 0 Å². The van der Waals surface area contributed by atoms with Crippen LogP contribution in [0.5, 0.6) is 0 Å². The van der Waals surface area contributed by atoms with Crippen LogP contribution in [0.4, 0.5) is 15.8 Å². The molecule has 6 heteroatoms. The van der Waals surface area contributed by atoms with Crippen molar-refractivity contribution in [1.82, 2.24) is 4.90 Å². The maximum Gasteiger partial charge on any atom is 0.228 e. The molecule has 2 aliphatic heterocycles. The number of carbonyl (C=O) groups is 1. The monoisotopic (exact) mass is 321 g/mol. The fourth-order valence-electron chi connectivity index (χ4n) is 3.26. The quantitative estimate of drug-likeness (QED) is 0.849. The van der Waals surface area contributed by atoms with Crippen LogP contribution >= 0.6 is 0 Å². The highest BCUT2D eigenvalue weighted by atomic mass is 19.1. The molecule has 3 rings (SSSR count). The van der Waals surface area contributed by atoms with Gasteiger partial charge in [-0.25, -0.2) is 4.39 Å². The van der Waals surface area contributed by atoms with Gasteiger partial charge in [-0.15, -0.1) is 0 Å². The zero-order valence-corrected chi connectivity index (χ0v) is 13.8. The van der Waals surface area contributed by atoms with Gasteiger partial charge < -0.3 is 14.5 Å². The second-order valence-electron chi connectivity index (χ2n) is 6.28. The van der Waals surface area contributed by atoms with E-state index in [1.807, 2.05) is 0 Å². The summed E-state index contributed by atoms with van der Waals surface area (Å²) in [5.74, 6) is -0.286. The van der Waals surface area contributed by atoms with E-state index in [4.69, 9.17) is 4.74 Å². The molecule has 1 amide bonds. The van der Waals surface area contributed by atoms with Crippen LogP contribution in [0.3, 0.4) is 0 Å². The first-order valence-electron chi connectivity index (χ1n) is 8.19. The largest absolute Gasteiger partial charge is 0.379 e. The summed E-state index contributed by atoms with van der Waals surface area (Å²) in [6.45, 7) is 7.05. The van der Waals surface area contributed by atoms with E-state index in [1.54, 1.807) is 18.0 Å². The summed E-state index contributed by atoms with van der Waals surface area (Å²) in [4.78, 5) is 18.3. The molecule has 0 saturated carbocycles. The van der Waals surface area contributed by atoms with Crippen LogP contribution in [0.25, 0.3) is 0 Å². The summed E-state index contributed by atoms with van der Waals surface area (Å²) in [6, 6.07) is 5.10. The Balaban J connectivity index is 1.77. The summed E-state index contributed by atoms with van der Waals surface area (Å²) in [5, 5.41) is 0. The van der Waals surface area contributed by atoms with Gasteiger partial charge in [-0.2, -0.15) is 0 Å². The van der Waals surface area contributed by atoms with Crippen LogP contribution in [0.1, 0.15) is 13.3 Å². The van der Waals surface area contributed by atoms with Gasteiger partial charge in [0.15, 0.2) is 0 Å². The number of amides is 1. The molecular weight excluding hydrogens is 297 g/mol. The molecule has 0 spiro atoms. The zero-order chi connectivity index (χ0) is 16.4. The number of hydrogen-bond acceptors (Lipinski definition) is 4. The van der Waals surface area contributed by atoms with Gasteiger partial charge in [0, 0.05) is 45.7 Å². The van der Waals surface area contributed by atoms with Crippen molar-refractivity contribution >= 4 is 17.3 Å². The number of halogens is 1. The number of rotatable bonds is 3. The van der Waals surface area contributed by atoms with Gasteiger partial charge in [0.2, 0.25) is 5.91 Å². The number of nitrogens with zero attached hydrogens (tertiary/aromatic N) is 3. The third-order valence-corrected chi connectivity index (χ3v) is 4.77. The number of ether oxygens (including phenoxy) is 1. The molecule has 0 radical (unpaired) electrons. The van der Waals surface area contributed by atoms with Crippen molar-refractivity contribution in [2.24, 2.45) is 0 Å². The first-order chi connectivity index (χ1) is 11.1. The van der Waals surface area contributed by atoms with E-state index in [-0.39, 0.29) is 11.7 Å². The van der Waals surface area contributed by atoms with Gasteiger partial charge in [-0.3, -0.25) is 9.69 Å². The Morgan fingerprint density at radius 2 is 2.09 bits per heavy atom. The first kappa shape index (κ1) is 16.2. The predicted octanol–water partition coefficient (Wildman–Crippen LogP) is 1.72. The van der Waals surface area contributed by atoms with E-state index in [0.717, 1.165) is 38.5 Å². The minimum Gasteiger partial charge on any atom is -0.379 e. The summed E-state index contributed by atoms with van der Waals surface area (Å²) in [6.07, 6.45) is 0.450. The van der Waals surface area contributed by atoms with Crippen LogP contribution in [0.2, 0.25) is 0 Å². The number of anilines is 2. The Bertz CT molecular complexity index is 581. The molecule has 2 heterocycles. The third kappa shape index (κ3) is 3.48. The molecule has 2 aliphatic rings. The van der Waals surface area contributed by atoms with E-state index < -0.39 is 0 Å². The lowest BCUT2D eigenvalue weighted by Gasteiger charge is -2.35. The second kappa shape index (κ2) is 6.84. The predicted molar refractivity (Wildman–Crippen MR) is 88.5 cm³/mol. The van der Waals surface area contributed by atoms with Gasteiger partial charge in [0.05, 0.1) is 24.6 Å². The highest BCUT2D eigenvalue weighted by molar-refractivity contribution is 5.98. The maximum atomic E-state index is 13.6. The van der Waals surface area contributed by atoms with Crippen molar-refractivity contribution in [1.29, 1.82) is 0 Å². The topological polar surface area (TPSA) is 36.0 Å². The van der Waals surface area contributed by atoms with Crippen LogP contribution in [0.15, 0.2) is 18.2 Å². The number of fused-ring (bicyclic) bond motifs is 1. The van der Waals surface area contributed by atoms with Crippen molar-refractivity contribution in [3.05, 3.63) is 24.0 Å². The molecule has 126 valence electrons. The lowest BCUT2D eigenvalue weighted by molar-refractivity contribution is -0.118. The number of hydrogen-bond donors (Lipinski definition) is 0. The molecule has 0 N–H and O–H groups in total. The van der Waals surface area contributed by atoms with E-state index >= 15 is 0 Å². The van der Waals surface area contributed by atoms with Gasteiger partial charge in [0.1, 0.15) is 5.82 Å². The third-order valence-electron chi connectivity index (χ3n) is 4.77. The molecule has 1 fully saturated rings. The standard InChI is InChI=1S/C17H24FN3O2/c1-13-12-23-10-9-20(13)7-8-21-6-5-17(22)19(2)16-11-14(18)3-4-15(16)21/h3-4,11,13H,5-10,12H2,1-2H3/t13-/m0/s1. The lowest BCUT2D eigenvalue weighted by Crippen LogP contribution is -2.47. The molecule has 1 saturated heterocycles. The Labute approximate surface area is 136 Å². The molecule has 1 aromatic rings. The van der Waals surface area contributed by atoms with Crippen LogP contribution < -0.4 is 9.80 Å². The molecule has 5 nitrogen and oxygen atoms in total. The minimum absolute atomic E-state index is 0.0269. The van der Waals surface area contributed by atoms with Gasteiger partial charge in [0.25, 0.3) is 0 Å². The number of benzene rings is 1. The van der Waals surface area contributed by atoms with Crippen LogP contribution in [-0.4, -0.2) is 63.3 Å². The minimum atomic E-state index is -0.313. The van der Waals surface area contributed by atoms with E-state index in [0.29, 0.717) is 24.7 Å². The molecule has 0 aliphatic carbocycles. The molecule has 0 unspecified atom stereocenters. The van der Waals surface area contributed by atoms with Crippen LogP contribution in [0, 0.1) is 5.82 Å². The van der Waals surface area contributed by atoms with Crippen LogP contribution in [-0.2, 0) is 9.53 Å². The van der Waals surface area contributed by atoms with E-state index in [2.05, 4.69) is 16.7 Å². The van der Waals surface area contributed by atoms with E-state index in [9.17, 15) is 9.18 Å². The molecule has 23 heavy (non-hydrogen) atoms. The maximum absolute atomic E-state index is 13.6. The van der Waals surface area contributed by atoms with Gasteiger partial charge in [-0.05, 0) is 25.1 Å². The fourth-order valence-corrected chi connectivity index (χ4v) is 3.26. The molecular formula is C17H24FN3O2. The number of carbonyl (C=O) groups excluding carboxylic acids is 1. The molecule has 0 aromatic heterocycles. The summed E-state index contributed by atoms with van der Waals surface area (Å²) in [7, 11) is 1.72. The number of morpholine rings is 1. The van der Waals surface area contributed by atoms with Gasteiger partial charge in [-0.1, -0.05) is 0 Å². The SMILES string of the molecule is C[C@H]1COCCN1CCN1CCC(=O)N(C)c2cc(F)ccc21.